The lowest BCUT2D eigenvalue weighted by Gasteiger charge is -2.19. The minimum absolute atomic E-state index is 0.00791. The van der Waals surface area contributed by atoms with Crippen LogP contribution in [-0.4, -0.2) is 33.7 Å². The van der Waals surface area contributed by atoms with Crippen molar-refractivity contribution in [1.82, 2.24) is 19.8 Å². The van der Waals surface area contributed by atoms with Crippen LogP contribution in [0, 0.1) is 12.8 Å². The van der Waals surface area contributed by atoms with Crippen LogP contribution in [0.2, 0.25) is 0 Å². The maximum absolute atomic E-state index is 13.5. The fourth-order valence-corrected chi connectivity index (χ4v) is 4.92. The molecule has 226 valence electrons. The highest BCUT2D eigenvalue weighted by Gasteiger charge is 2.22. The SMILES string of the molecule is CCNCc1ccc2c(c1)c(=O)n(C1=CCC(/C=C(/NC(=O)c3c(C)cccc3N)C(=O)OC(C)CC)C=C1)c(=O)n2C. The summed E-state index contributed by atoms with van der Waals surface area (Å²) >= 11 is 0. The van der Waals surface area contributed by atoms with Crippen molar-refractivity contribution in [2.75, 3.05) is 12.3 Å². The molecule has 0 bridgehead atoms. The number of anilines is 1. The van der Waals surface area contributed by atoms with Gasteiger partial charge in [0.05, 0.1) is 22.6 Å². The molecule has 10 nitrogen and oxygen atoms in total. The number of carbonyl (C=O) groups excluding carboxylic acids is 2. The summed E-state index contributed by atoms with van der Waals surface area (Å²) in [5, 5.41) is 6.40. The van der Waals surface area contributed by atoms with Crippen molar-refractivity contribution in [3.8, 4) is 0 Å². The maximum Gasteiger partial charge on any atom is 0.354 e. The van der Waals surface area contributed by atoms with Gasteiger partial charge in [0.25, 0.3) is 11.5 Å². The fourth-order valence-electron chi connectivity index (χ4n) is 4.92. The summed E-state index contributed by atoms with van der Waals surface area (Å²) in [5.74, 6) is -1.49. The second-order valence-corrected chi connectivity index (χ2v) is 10.7. The first kappa shape index (κ1) is 31.2. The van der Waals surface area contributed by atoms with E-state index in [0.717, 1.165) is 16.7 Å². The summed E-state index contributed by atoms with van der Waals surface area (Å²) in [6, 6.07) is 10.7. The van der Waals surface area contributed by atoms with E-state index in [1.54, 1.807) is 69.5 Å². The van der Waals surface area contributed by atoms with Crippen LogP contribution in [0.3, 0.4) is 0 Å². The van der Waals surface area contributed by atoms with Gasteiger partial charge in [-0.05, 0) is 74.7 Å². The molecule has 0 fully saturated rings. The largest absolute Gasteiger partial charge is 0.458 e. The molecule has 0 saturated carbocycles. The van der Waals surface area contributed by atoms with Crippen LogP contribution in [0.4, 0.5) is 5.69 Å². The molecule has 1 aliphatic carbocycles. The van der Waals surface area contributed by atoms with Crippen LogP contribution in [0.15, 0.2) is 76.0 Å². The lowest BCUT2D eigenvalue weighted by Crippen LogP contribution is -2.38. The molecule has 0 radical (unpaired) electrons. The second kappa shape index (κ2) is 13.5. The van der Waals surface area contributed by atoms with Gasteiger partial charge in [-0.25, -0.2) is 14.2 Å². The molecule has 0 spiro atoms. The Morgan fingerprint density at radius 3 is 2.60 bits per heavy atom. The number of allylic oxidation sites excluding steroid dienone is 5. The third kappa shape index (κ3) is 6.86. The molecule has 1 amide bonds. The minimum atomic E-state index is -0.661. The van der Waals surface area contributed by atoms with E-state index in [9.17, 15) is 19.2 Å². The molecular weight excluding hydrogens is 546 g/mol. The average Bonchev–Trinajstić information content (AvgIpc) is 2.99. The first-order valence-electron chi connectivity index (χ1n) is 14.5. The van der Waals surface area contributed by atoms with Crippen LogP contribution in [-0.2, 0) is 23.1 Å². The Morgan fingerprint density at radius 1 is 1.19 bits per heavy atom. The molecular formula is C33H39N5O5. The maximum atomic E-state index is 13.5. The highest BCUT2D eigenvalue weighted by atomic mass is 16.5. The number of hydrogen-bond donors (Lipinski definition) is 3. The third-order valence-corrected chi connectivity index (χ3v) is 7.55. The summed E-state index contributed by atoms with van der Waals surface area (Å²) in [7, 11) is 1.64. The molecule has 0 aliphatic heterocycles. The van der Waals surface area contributed by atoms with Crippen LogP contribution >= 0.6 is 0 Å². The van der Waals surface area contributed by atoms with Gasteiger partial charge in [0.15, 0.2) is 0 Å². The molecule has 3 aromatic rings. The number of aryl methyl sites for hydroxylation is 2. The van der Waals surface area contributed by atoms with Crippen LogP contribution in [0.25, 0.3) is 16.6 Å². The van der Waals surface area contributed by atoms with Crippen molar-refractivity contribution in [2.45, 2.75) is 53.2 Å². The zero-order valence-electron chi connectivity index (χ0n) is 25.3. The topological polar surface area (TPSA) is 137 Å². The van der Waals surface area contributed by atoms with Gasteiger partial charge in [-0.2, -0.15) is 0 Å². The second-order valence-electron chi connectivity index (χ2n) is 10.7. The van der Waals surface area contributed by atoms with Crippen molar-refractivity contribution >= 4 is 34.2 Å². The zero-order chi connectivity index (χ0) is 31.3. The highest BCUT2D eigenvalue weighted by Crippen LogP contribution is 2.23. The van der Waals surface area contributed by atoms with Gasteiger partial charge in [0, 0.05) is 30.9 Å². The number of nitrogen functional groups attached to an aromatic ring is 1. The number of aromatic nitrogens is 2. The van der Waals surface area contributed by atoms with Gasteiger partial charge in [0.1, 0.15) is 5.70 Å². The molecule has 2 atom stereocenters. The van der Waals surface area contributed by atoms with E-state index in [2.05, 4.69) is 10.6 Å². The minimum Gasteiger partial charge on any atom is -0.458 e. The third-order valence-electron chi connectivity index (χ3n) is 7.55. The Bertz CT molecular complexity index is 1740. The van der Waals surface area contributed by atoms with Crippen molar-refractivity contribution in [3.63, 3.8) is 0 Å². The molecule has 4 N–H and O–H groups in total. The monoisotopic (exact) mass is 585 g/mol. The van der Waals surface area contributed by atoms with Gasteiger partial charge in [-0.1, -0.05) is 44.2 Å². The summed E-state index contributed by atoms with van der Waals surface area (Å²) in [4.78, 5) is 53.1. The summed E-state index contributed by atoms with van der Waals surface area (Å²) in [6.45, 7) is 8.85. The Labute approximate surface area is 250 Å². The molecule has 1 aliphatic rings. The number of nitrogens with one attached hydrogen (secondary N) is 2. The Balaban J connectivity index is 1.65. The number of hydrogen-bond acceptors (Lipinski definition) is 7. The van der Waals surface area contributed by atoms with Crippen molar-refractivity contribution in [3.05, 3.63) is 104 Å². The zero-order valence-corrected chi connectivity index (χ0v) is 25.3. The van der Waals surface area contributed by atoms with E-state index in [1.807, 2.05) is 26.0 Å². The normalized spacial score (nSPS) is 15.7. The molecule has 1 aromatic heterocycles. The first-order valence-corrected chi connectivity index (χ1v) is 14.5. The van der Waals surface area contributed by atoms with E-state index in [1.165, 1.54) is 4.57 Å². The first-order chi connectivity index (χ1) is 20.5. The van der Waals surface area contributed by atoms with E-state index in [0.29, 0.717) is 47.2 Å². The number of nitrogens with two attached hydrogens (primary N) is 1. The quantitative estimate of drug-likeness (QED) is 0.187. The number of rotatable bonds is 10. The van der Waals surface area contributed by atoms with Crippen LogP contribution in [0.1, 0.15) is 55.1 Å². The van der Waals surface area contributed by atoms with E-state index in [4.69, 9.17) is 10.5 Å². The summed E-state index contributed by atoms with van der Waals surface area (Å²) < 4.78 is 8.15. The Morgan fingerprint density at radius 2 is 1.95 bits per heavy atom. The van der Waals surface area contributed by atoms with E-state index >= 15 is 0 Å². The lowest BCUT2D eigenvalue weighted by molar-refractivity contribution is -0.144. The van der Waals surface area contributed by atoms with E-state index in [-0.39, 0.29) is 23.3 Å². The predicted molar refractivity (Wildman–Crippen MR) is 169 cm³/mol. The fraction of sp³-hybridized carbons (Fsp3) is 0.333. The van der Waals surface area contributed by atoms with Crippen LogP contribution < -0.4 is 27.6 Å². The smallest absolute Gasteiger partial charge is 0.354 e. The highest BCUT2D eigenvalue weighted by molar-refractivity contribution is 6.05. The molecule has 10 heteroatoms. The number of nitrogens with zero attached hydrogens (tertiary/aromatic N) is 2. The van der Waals surface area contributed by atoms with Gasteiger partial charge in [0.2, 0.25) is 0 Å². The number of carbonyl (C=O) groups is 2. The molecule has 43 heavy (non-hydrogen) atoms. The number of amides is 1. The van der Waals surface area contributed by atoms with Crippen molar-refractivity contribution < 1.29 is 14.3 Å². The molecule has 2 unspecified atom stereocenters. The number of benzene rings is 2. The van der Waals surface area contributed by atoms with Gasteiger partial charge in [-0.3, -0.25) is 14.2 Å². The van der Waals surface area contributed by atoms with Gasteiger partial charge in [-0.15, -0.1) is 0 Å². The van der Waals surface area contributed by atoms with Crippen molar-refractivity contribution in [2.24, 2.45) is 13.0 Å². The van der Waals surface area contributed by atoms with Crippen LogP contribution in [0.5, 0.6) is 0 Å². The molecule has 4 rings (SSSR count). The number of ether oxygens (including phenoxy) is 1. The van der Waals surface area contributed by atoms with Gasteiger partial charge < -0.3 is 21.1 Å². The van der Waals surface area contributed by atoms with Crippen molar-refractivity contribution in [1.29, 1.82) is 0 Å². The molecule has 0 saturated heterocycles. The standard InChI is InChI=1S/C33H39N5O5/c1-6-21(4)43-32(41)27(36-30(39)29-20(3)9-8-10-26(29)34)18-22-11-14-24(15-12-22)38-31(40)25-17-23(19-35-7-2)13-16-28(25)37(5)33(38)42/h8-11,13-18,21-22,35H,6-7,12,19,34H2,1-5H3,(H,36,39)/b27-18+. The molecule has 1 heterocycles. The number of esters is 1. The predicted octanol–water partition coefficient (Wildman–Crippen LogP) is 3.77. The number of fused-ring (bicyclic) bond motifs is 1. The summed E-state index contributed by atoms with van der Waals surface area (Å²) in [5.41, 5.74) is 8.39. The van der Waals surface area contributed by atoms with E-state index < -0.39 is 23.1 Å². The lowest BCUT2D eigenvalue weighted by atomic mass is 9.97. The van der Waals surface area contributed by atoms with Gasteiger partial charge >= 0.3 is 11.7 Å². The Hall–Kier alpha value is -4.70. The average molecular weight is 586 g/mol. The Kier molecular flexibility index (Phi) is 9.82. The summed E-state index contributed by atoms with van der Waals surface area (Å²) in [6.07, 6.45) is 7.51. The molecule has 2 aromatic carbocycles.